The van der Waals surface area contributed by atoms with E-state index in [0.29, 0.717) is 18.2 Å². The Bertz CT molecular complexity index is 451. The number of hydrogen-bond acceptors (Lipinski definition) is 3. The number of benzene rings is 1. The first-order valence-corrected chi connectivity index (χ1v) is 4.94. The second-order valence-corrected chi connectivity index (χ2v) is 3.62. The molecule has 1 atom stereocenters. The standard InChI is InChI=1S/C11H11F4NO2.ClH/c1-18-10(17)5-9(16)7-4-6(11(13,14)15)2-3-8(7)12;/h2-4,9H,5,16H2,1H3;1H/t9-;/m1./s1. The monoisotopic (exact) mass is 301 g/mol. The molecule has 0 saturated carbocycles. The molecule has 0 aromatic heterocycles. The Morgan fingerprint density at radius 3 is 2.47 bits per heavy atom. The van der Waals surface area contributed by atoms with E-state index in [0.717, 1.165) is 7.11 Å². The molecule has 2 N–H and O–H groups in total. The van der Waals surface area contributed by atoms with E-state index in [2.05, 4.69) is 4.74 Å². The third kappa shape index (κ3) is 4.68. The molecule has 1 rings (SSSR count). The molecule has 19 heavy (non-hydrogen) atoms. The first kappa shape index (κ1) is 17.7. The molecular weight excluding hydrogens is 290 g/mol. The normalized spacial score (nSPS) is 12.5. The number of carbonyl (C=O) groups excluding carboxylic acids is 1. The molecule has 0 saturated heterocycles. The van der Waals surface area contributed by atoms with Crippen LogP contribution in [0.2, 0.25) is 0 Å². The number of carbonyl (C=O) groups is 1. The summed E-state index contributed by atoms with van der Waals surface area (Å²) in [4.78, 5) is 10.9. The van der Waals surface area contributed by atoms with Crippen LogP contribution in [0, 0.1) is 5.82 Å². The van der Waals surface area contributed by atoms with Crippen LogP contribution in [0.3, 0.4) is 0 Å². The second-order valence-electron chi connectivity index (χ2n) is 3.62. The van der Waals surface area contributed by atoms with Gasteiger partial charge in [0.1, 0.15) is 5.82 Å². The molecule has 0 aliphatic heterocycles. The van der Waals surface area contributed by atoms with Crippen LogP contribution in [-0.2, 0) is 15.7 Å². The number of esters is 1. The van der Waals surface area contributed by atoms with Crippen molar-refractivity contribution in [3.63, 3.8) is 0 Å². The van der Waals surface area contributed by atoms with Crippen molar-refractivity contribution in [1.82, 2.24) is 0 Å². The Balaban J connectivity index is 0.00000324. The van der Waals surface area contributed by atoms with E-state index in [1.54, 1.807) is 0 Å². The number of halogens is 5. The van der Waals surface area contributed by atoms with Gasteiger partial charge in [0, 0.05) is 11.6 Å². The Kier molecular flexibility index (Phi) is 6.24. The van der Waals surface area contributed by atoms with E-state index >= 15 is 0 Å². The predicted octanol–water partition coefficient (Wildman–Crippen LogP) is 2.83. The minimum Gasteiger partial charge on any atom is -0.469 e. The van der Waals surface area contributed by atoms with Crippen molar-refractivity contribution in [2.24, 2.45) is 5.73 Å². The molecule has 0 aliphatic carbocycles. The van der Waals surface area contributed by atoms with Gasteiger partial charge in [-0.05, 0) is 18.2 Å². The van der Waals surface area contributed by atoms with Gasteiger partial charge in [-0.3, -0.25) is 4.79 Å². The molecule has 0 amide bonds. The van der Waals surface area contributed by atoms with E-state index in [4.69, 9.17) is 5.73 Å². The van der Waals surface area contributed by atoms with E-state index in [9.17, 15) is 22.4 Å². The second kappa shape index (κ2) is 6.72. The number of rotatable bonds is 3. The van der Waals surface area contributed by atoms with Crippen molar-refractivity contribution in [1.29, 1.82) is 0 Å². The highest BCUT2D eigenvalue weighted by molar-refractivity contribution is 5.85. The summed E-state index contributed by atoms with van der Waals surface area (Å²) < 4.78 is 55.0. The summed E-state index contributed by atoms with van der Waals surface area (Å²) in [5, 5.41) is 0. The first-order chi connectivity index (χ1) is 8.25. The van der Waals surface area contributed by atoms with E-state index in [-0.39, 0.29) is 18.0 Å². The van der Waals surface area contributed by atoms with Crippen molar-refractivity contribution < 1.29 is 27.1 Å². The van der Waals surface area contributed by atoms with Crippen molar-refractivity contribution in [2.75, 3.05) is 7.11 Å². The summed E-state index contributed by atoms with van der Waals surface area (Å²) in [6.07, 6.45) is -4.98. The molecule has 0 fully saturated rings. The fraction of sp³-hybridized carbons (Fsp3) is 0.364. The molecule has 108 valence electrons. The molecule has 0 spiro atoms. The van der Waals surface area contributed by atoms with Gasteiger partial charge in [0.15, 0.2) is 0 Å². The van der Waals surface area contributed by atoms with Crippen molar-refractivity contribution in [2.45, 2.75) is 18.6 Å². The molecule has 0 bridgehead atoms. The lowest BCUT2D eigenvalue weighted by Crippen LogP contribution is -2.18. The van der Waals surface area contributed by atoms with Gasteiger partial charge in [0.25, 0.3) is 0 Å². The lowest BCUT2D eigenvalue weighted by atomic mass is 10.0. The largest absolute Gasteiger partial charge is 0.469 e. The van der Waals surface area contributed by atoms with Crippen molar-refractivity contribution in [3.8, 4) is 0 Å². The van der Waals surface area contributed by atoms with Gasteiger partial charge in [-0.2, -0.15) is 13.2 Å². The van der Waals surface area contributed by atoms with Crippen LogP contribution >= 0.6 is 12.4 Å². The summed E-state index contributed by atoms with van der Waals surface area (Å²) in [7, 11) is 1.11. The highest BCUT2D eigenvalue weighted by atomic mass is 35.5. The van der Waals surface area contributed by atoms with Crippen LogP contribution in [0.5, 0.6) is 0 Å². The van der Waals surface area contributed by atoms with Gasteiger partial charge in [-0.15, -0.1) is 12.4 Å². The zero-order valence-electron chi connectivity index (χ0n) is 9.83. The minimum atomic E-state index is -4.59. The maximum Gasteiger partial charge on any atom is 0.416 e. The average Bonchev–Trinajstić information content (AvgIpc) is 2.27. The highest BCUT2D eigenvalue weighted by Crippen LogP contribution is 2.32. The van der Waals surface area contributed by atoms with Gasteiger partial charge >= 0.3 is 12.1 Å². The van der Waals surface area contributed by atoms with Crippen LogP contribution in [0.15, 0.2) is 18.2 Å². The zero-order chi connectivity index (χ0) is 13.9. The number of methoxy groups -OCH3 is 1. The summed E-state index contributed by atoms with van der Waals surface area (Å²) in [6, 6.07) is 0.710. The Morgan fingerprint density at radius 2 is 2.00 bits per heavy atom. The van der Waals surface area contributed by atoms with Crippen molar-refractivity contribution >= 4 is 18.4 Å². The molecule has 1 aromatic carbocycles. The highest BCUT2D eigenvalue weighted by Gasteiger charge is 2.31. The fourth-order valence-corrected chi connectivity index (χ4v) is 1.38. The van der Waals surface area contributed by atoms with E-state index in [1.807, 2.05) is 0 Å². The zero-order valence-corrected chi connectivity index (χ0v) is 10.6. The van der Waals surface area contributed by atoms with Crippen molar-refractivity contribution in [3.05, 3.63) is 35.1 Å². The lowest BCUT2D eigenvalue weighted by Gasteiger charge is -2.14. The summed E-state index contributed by atoms with van der Waals surface area (Å²) >= 11 is 0. The minimum absolute atomic E-state index is 0. The van der Waals surface area contributed by atoms with E-state index in [1.165, 1.54) is 0 Å². The summed E-state index contributed by atoms with van der Waals surface area (Å²) in [5.41, 5.74) is 4.10. The van der Waals surface area contributed by atoms with Crippen LogP contribution in [-0.4, -0.2) is 13.1 Å². The lowest BCUT2D eigenvalue weighted by molar-refractivity contribution is -0.141. The SMILES string of the molecule is COC(=O)C[C@@H](N)c1cc(C(F)(F)F)ccc1F.Cl. The molecule has 0 unspecified atom stereocenters. The van der Waals surface area contributed by atoms with Gasteiger partial charge in [0.2, 0.25) is 0 Å². The van der Waals surface area contributed by atoms with Crippen LogP contribution in [0.1, 0.15) is 23.6 Å². The van der Waals surface area contributed by atoms with Gasteiger partial charge < -0.3 is 10.5 Å². The van der Waals surface area contributed by atoms with Gasteiger partial charge in [0.05, 0.1) is 19.1 Å². The topological polar surface area (TPSA) is 52.3 Å². The van der Waals surface area contributed by atoms with Gasteiger partial charge in [-0.1, -0.05) is 0 Å². The maximum atomic E-state index is 13.4. The number of nitrogens with two attached hydrogens (primary N) is 1. The van der Waals surface area contributed by atoms with Gasteiger partial charge in [-0.25, -0.2) is 4.39 Å². The molecule has 0 heterocycles. The predicted molar refractivity (Wildman–Crippen MR) is 62.2 cm³/mol. The molecular formula is C11H12ClF4NO2. The van der Waals surface area contributed by atoms with Crippen LogP contribution in [0.25, 0.3) is 0 Å². The molecule has 3 nitrogen and oxygen atoms in total. The third-order valence-corrected chi connectivity index (χ3v) is 2.34. The third-order valence-electron chi connectivity index (χ3n) is 2.34. The first-order valence-electron chi connectivity index (χ1n) is 4.94. The fourth-order valence-electron chi connectivity index (χ4n) is 1.38. The van der Waals surface area contributed by atoms with E-state index < -0.39 is 36.0 Å². The molecule has 8 heteroatoms. The number of ether oxygens (including phenoxy) is 1. The smallest absolute Gasteiger partial charge is 0.416 e. The maximum absolute atomic E-state index is 13.4. The number of alkyl halides is 3. The summed E-state index contributed by atoms with van der Waals surface area (Å²) in [6.45, 7) is 0. The average molecular weight is 302 g/mol. The molecule has 0 aliphatic rings. The number of hydrogen-bond donors (Lipinski definition) is 1. The molecule has 0 radical (unpaired) electrons. The summed E-state index contributed by atoms with van der Waals surface area (Å²) in [5.74, 6) is -1.61. The van der Waals surface area contributed by atoms with Crippen LogP contribution in [0.4, 0.5) is 17.6 Å². The Labute approximate surface area is 113 Å². The Morgan fingerprint density at radius 1 is 1.42 bits per heavy atom. The quantitative estimate of drug-likeness (QED) is 0.690. The molecule has 1 aromatic rings. The Hall–Kier alpha value is -1.34. The van der Waals surface area contributed by atoms with Crippen LogP contribution < -0.4 is 5.73 Å².